The summed E-state index contributed by atoms with van der Waals surface area (Å²) in [4.78, 5) is 0. The second kappa shape index (κ2) is 14.9. The van der Waals surface area contributed by atoms with Gasteiger partial charge in [-0.2, -0.15) is 21.0 Å². The van der Waals surface area contributed by atoms with Gasteiger partial charge in [-0.1, -0.05) is 64.1 Å². The Hall–Kier alpha value is -0.190. The van der Waals surface area contributed by atoms with Crippen LogP contribution in [0.25, 0.3) is 0 Å². The third-order valence-corrected chi connectivity index (χ3v) is 11.6. The molecule has 1 aliphatic heterocycles. The number of hydrogen-bond donors (Lipinski definition) is 0. The van der Waals surface area contributed by atoms with E-state index in [1.807, 2.05) is 11.8 Å². The predicted molar refractivity (Wildman–Crippen MR) is 148 cm³/mol. The van der Waals surface area contributed by atoms with Gasteiger partial charge in [0, 0.05) is 22.6 Å². The van der Waals surface area contributed by atoms with E-state index in [2.05, 4.69) is 39.8 Å². The highest BCUT2D eigenvalue weighted by Crippen LogP contribution is 2.61. The van der Waals surface area contributed by atoms with E-state index in [4.69, 9.17) is 20.2 Å². The molecule has 2 nitrogen and oxygen atoms in total. The summed E-state index contributed by atoms with van der Waals surface area (Å²) < 4.78 is 12.2. The molecule has 1 atom stereocenters. The second-order valence-electron chi connectivity index (χ2n) is 9.94. The molecule has 0 spiro atoms. The Morgan fingerprint density at radius 1 is 1.00 bits per heavy atom. The Kier molecular flexibility index (Phi) is 13.1. The number of halogens is 1. The molecule has 5 heteroatoms. The second-order valence-corrected chi connectivity index (χ2v) is 16.0. The van der Waals surface area contributed by atoms with Crippen LogP contribution in [0.4, 0.5) is 0 Å². The Bertz CT molecular complexity index is 659. The van der Waals surface area contributed by atoms with E-state index in [9.17, 15) is 0 Å². The van der Waals surface area contributed by atoms with Crippen molar-refractivity contribution in [1.29, 1.82) is 0 Å². The van der Waals surface area contributed by atoms with Crippen LogP contribution in [0.15, 0.2) is 12.1 Å². The van der Waals surface area contributed by atoms with Gasteiger partial charge >= 0.3 is 0 Å². The fraction of sp³-hybridized carbons (Fsp3) is 0.778. The lowest BCUT2D eigenvalue weighted by molar-refractivity contribution is 0.273. The minimum absolute atomic E-state index is 0.708. The number of rotatable bonds is 16. The lowest BCUT2D eigenvalue weighted by Crippen LogP contribution is -2.08. The van der Waals surface area contributed by atoms with Gasteiger partial charge < -0.3 is 9.47 Å². The Labute approximate surface area is 208 Å². The van der Waals surface area contributed by atoms with Crippen LogP contribution in [0.2, 0.25) is 0 Å². The molecule has 1 fully saturated rings. The zero-order valence-corrected chi connectivity index (χ0v) is 23.6. The van der Waals surface area contributed by atoms with Crippen molar-refractivity contribution in [3.8, 4) is 11.5 Å². The number of ether oxygens (including phenoxy) is 2. The zero-order valence-electron chi connectivity index (χ0n) is 21.2. The summed E-state index contributed by atoms with van der Waals surface area (Å²) in [7, 11) is 7.80. The summed E-state index contributed by atoms with van der Waals surface area (Å²) in [6.45, 7) is 10.0. The maximum Gasteiger partial charge on any atom is 0.123 e. The van der Waals surface area contributed by atoms with Gasteiger partial charge in [0.15, 0.2) is 0 Å². The summed E-state index contributed by atoms with van der Waals surface area (Å²) in [5.41, 5.74) is 2.51. The summed E-state index contributed by atoms with van der Waals surface area (Å²) in [5, 5.41) is 0. The molecule has 0 N–H and O–H groups in total. The van der Waals surface area contributed by atoms with E-state index in [0.717, 1.165) is 42.0 Å². The molecular formula is C27H47ClO2S2. The Morgan fingerprint density at radius 3 is 2.38 bits per heavy atom. The Morgan fingerprint density at radius 2 is 1.72 bits per heavy atom. The van der Waals surface area contributed by atoms with E-state index in [-0.39, 0.29) is 0 Å². The van der Waals surface area contributed by atoms with Crippen LogP contribution in [0.3, 0.4) is 0 Å². The first-order chi connectivity index (χ1) is 15.4. The summed E-state index contributed by atoms with van der Waals surface area (Å²) in [5.74, 6) is 9.03. The lowest BCUT2D eigenvalue weighted by Gasteiger charge is -2.28. The number of methoxy groups -OCH3 is 1. The van der Waals surface area contributed by atoms with E-state index in [1.54, 1.807) is 7.11 Å². The van der Waals surface area contributed by atoms with Crippen molar-refractivity contribution in [3.05, 3.63) is 23.3 Å². The van der Waals surface area contributed by atoms with Crippen molar-refractivity contribution in [1.82, 2.24) is 0 Å². The number of thioether (sulfide) groups is 1. The minimum Gasteiger partial charge on any atom is -0.496 e. The quantitative estimate of drug-likeness (QED) is 0.210. The number of hydrogen-bond acceptors (Lipinski definition) is 3. The number of unbranched alkanes of at least 4 members (excludes halogenated alkanes) is 1. The molecule has 0 saturated carbocycles. The predicted octanol–water partition coefficient (Wildman–Crippen LogP) is 9.21. The van der Waals surface area contributed by atoms with Crippen LogP contribution in [0.1, 0.15) is 90.2 Å². The first kappa shape index (κ1) is 28.1. The maximum atomic E-state index is 7.08. The van der Waals surface area contributed by atoms with E-state index in [0.29, 0.717) is 5.92 Å². The third-order valence-electron chi connectivity index (χ3n) is 6.39. The molecule has 1 unspecified atom stereocenters. The van der Waals surface area contributed by atoms with Crippen LogP contribution in [-0.4, -0.2) is 31.0 Å². The summed E-state index contributed by atoms with van der Waals surface area (Å²) in [6, 6.07) is 4.48. The molecule has 0 aliphatic carbocycles. The molecule has 0 bridgehead atoms. The highest BCUT2D eigenvalue weighted by Gasteiger charge is 2.28. The van der Waals surface area contributed by atoms with Crippen molar-refractivity contribution in [3.63, 3.8) is 0 Å². The topological polar surface area (TPSA) is 18.5 Å². The van der Waals surface area contributed by atoms with Crippen molar-refractivity contribution in [2.45, 2.75) is 90.6 Å². The molecule has 1 heterocycles. The molecule has 0 radical (unpaired) electrons. The summed E-state index contributed by atoms with van der Waals surface area (Å²) in [6.07, 6.45) is 10.1. The van der Waals surface area contributed by atoms with Gasteiger partial charge in [-0.25, -0.2) is 0 Å². The van der Waals surface area contributed by atoms with Crippen LogP contribution in [0.5, 0.6) is 11.5 Å². The lowest BCUT2D eigenvalue weighted by atomic mass is 9.98. The molecule has 0 amide bonds. The molecule has 1 aliphatic rings. The molecule has 1 saturated heterocycles. The molecule has 1 aromatic carbocycles. The van der Waals surface area contributed by atoms with Gasteiger partial charge in [-0.15, -0.1) is 0 Å². The average molecular weight is 503 g/mol. The fourth-order valence-electron chi connectivity index (χ4n) is 4.26. The van der Waals surface area contributed by atoms with Crippen molar-refractivity contribution >= 4 is 31.7 Å². The maximum absolute atomic E-state index is 7.08. The van der Waals surface area contributed by atoms with Crippen LogP contribution >= 0.6 is 31.7 Å². The van der Waals surface area contributed by atoms with Gasteiger partial charge in [-0.05, 0) is 66.9 Å². The highest BCUT2D eigenvalue weighted by atomic mass is 35.7. The smallest absolute Gasteiger partial charge is 0.123 e. The normalized spacial score (nSPS) is 17.5. The van der Waals surface area contributed by atoms with Crippen LogP contribution < -0.4 is 9.47 Å². The Balaban J connectivity index is 2.07. The van der Waals surface area contributed by atoms with Crippen molar-refractivity contribution < 1.29 is 9.47 Å². The van der Waals surface area contributed by atoms with Gasteiger partial charge in [0.1, 0.15) is 11.5 Å². The van der Waals surface area contributed by atoms with E-state index >= 15 is 0 Å². The van der Waals surface area contributed by atoms with Gasteiger partial charge in [0.25, 0.3) is 0 Å². The minimum atomic E-state index is -1.07. The molecule has 2 rings (SSSR count). The third kappa shape index (κ3) is 9.97. The van der Waals surface area contributed by atoms with Gasteiger partial charge in [0.05, 0.1) is 13.7 Å². The number of benzene rings is 1. The first-order valence-corrected chi connectivity index (χ1v) is 16.8. The van der Waals surface area contributed by atoms with Crippen molar-refractivity contribution in [2.24, 2.45) is 11.8 Å². The van der Waals surface area contributed by atoms with E-state index in [1.165, 1.54) is 73.3 Å². The van der Waals surface area contributed by atoms with Crippen molar-refractivity contribution in [2.75, 3.05) is 31.0 Å². The van der Waals surface area contributed by atoms with Crippen LogP contribution in [0, 0.1) is 11.8 Å². The molecule has 1 aromatic rings. The van der Waals surface area contributed by atoms with E-state index < -0.39 is 9.24 Å². The molecule has 186 valence electrons. The largest absolute Gasteiger partial charge is 0.496 e. The average Bonchev–Trinajstić information content (AvgIpc) is 3.18. The van der Waals surface area contributed by atoms with Gasteiger partial charge in [0.2, 0.25) is 0 Å². The van der Waals surface area contributed by atoms with Crippen LogP contribution in [-0.2, 0) is 11.5 Å². The molecule has 0 aromatic heterocycles. The molecule has 32 heavy (non-hydrogen) atoms. The monoisotopic (exact) mass is 502 g/mol. The fourth-order valence-corrected chi connectivity index (χ4v) is 9.07. The van der Waals surface area contributed by atoms with Gasteiger partial charge in [-0.3, -0.25) is 0 Å². The SMILES string of the molecule is CCCCSCc1cc(OCCC(C)CCCC(C)C)c(CS2(Cl)CCCC2)cc1OC. The zero-order chi connectivity index (χ0) is 23.4. The first-order valence-electron chi connectivity index (χ1n) is 12.7. The summed E-state index contributed by atoms with van der Waals surface area (Å²) >= 11 is 1.99. The standard InChI is InChI=1S/C27H47ClO2S2/c1-6-7-15-31-20-24-18-27(30-14-13-23(4)12-10-11-22(2)3)25(19-26(24)29-5)21-32(28)16-8-9-17-32/h18-19,22-23H,6-17,20-21H2,1-5H3. The highest BCUT2D eigenvalue weighted by molar-refractivity contribution is 8.50. The molecular weight excluding hydrogens is 456 g/mol.